The smallest absolute Gasteiger partial charge is 0.191 e. The molecule has 1 aromatic heterocycles. The van der Waals surface area contributed by atoms with Crippen molar-refractivity contribution in [2.75, 3.05) is 33.7 Å². The third kappa shape index (κ3) is 5.38. The molecule has 2 N–H and O–H groups in total. The Morgan fingerprint density at radius 3 is 2.91 bits per heavy atom. The number of halogens is 1. The van der Waals surface area contributed by atoms with E-state index >= 15 is 0 Å². The van der Waals surface area contributed by atoms with Crippen molar-refractivity contribution in [1.29, 1.82) is 0 Å². The van der Waals surface area contributed by atoms with Gasteiger partial charge in [-0.05, 0) is 26.4 Å². The zero-order chi connectivity index (χ0) is 15.1. The standard InChI is InChI=1S/C14H27N7.HI/c1-4-13-19-18-11-21(13)9-7-16-14(15-2)17-10-12-6-5-8-20(12)3;/h11-12H,4-10H2,1-3H3,(H2,15,16,17);1H. The van der Waals surface area contributed by atoms with Gasteiger partial charge < -0.3 is 20.1 Å². The van der Waals surface area contributed by atoms with Gasteiger partial charge in [-0.15, -0.1) is 34.2 Å². The van der Waals surface area contributed by atoms with E-state index in [2.05, 4.69) is 49.3 Å². The summed E-state index contributed by atoms with van der Waals surface area (Å²) in [5.41, 5.74) is 0. The Labute approximate surface area is 150 Å². The summed E-state index contributed by atoms with van der Waals surface area (Å²) >= 11 is 0. The van der Waals surface area contributed by atoms with Crippen LogP contribution in [0.2, 0.25) is 0 Å². The summed E-state index contributed by atoms with van der Waals surface area (Å²) in [5, 5.41) is 14.8. The fraction of sp³-hybridized carbons (Fsp3) is 0.786. The highest BCUT2D eigenvalue weighted by molar-refractivity contribution is 14.0. The summed E-state index contributed by atoms with van der Waals surface area (Å²) in [5.74, 6) is 1.88. The molecule has 126 valence electrons. The summed E-state index contributed by atoms with van der Waals surface area (Å²) in [6.45, 7) is 5.90. The van der Waals surface area contributed by atoms with E-state index in [4.69, 9.17) is 0 Å². The van der Waals surface area contributed by atoms with Crippen molar-refractivity contribution in [3.8, 4) is 0 Å². The topological polar surface area (TPSA) is 70.4 Å². The number of likely N-dealkylation sites (N-methyl/N-ethyl adjacent to an activating group) is 1. The Hall–Kier alpha value is -0.900. The van der Waals surface area contributed by atoms with Gasteiger partial charge in [0.05, 0.1) is 0 Å². The molecule has 2 rings (SSSR count). The van der Waals surface area contributed by atoms with E-state index in [0.717, 1.165) is 37.8 Å². The molecular formula is C14H28IN7. The van der Waals surface area contributed by atoms with Gasteiger partial charge >= 0.3 is 0 Å². The molecule has 1 fully saturated rings. The predicted octanol–water partition coefficient (Wildman–Crippen LogP) is 0.718. The van der Waals surface area contributed by atoms with Crippen molar-refractivity contribution >= 4 is 29.9 Å². The second-order valence-electron chi connectivity index (χ2n) is 5.45. The van der Waals surface area contributed by atoms with Crippen LogP contribution in [0.3, 0.4) is 0 Å². The maximum absolute atomic E-state index is 4.27. The van der Waals surface area contributed by atoms with E-state index in [1.165, 1.54) is 19.4 Å². The number of aromatic nitrogens is 3. The van der Waals surface area contributed by atoms with Crippen LogP contribution in [0.4, 0.5) is 0 Å². The lowest BCUT2D eigenvalue weighted by Crippen LogP contribution is -2.44. The van der Waals surface area contributed by atoms with Crippen molar-refractivity contribution in [3.63, 3.8) is 0 Å². The van der Waals surface area contributed by atoms with Crippen molar-refractivity contribution in [2.45, 2.75) is 38.8 Å². The van der Waals surface area contributed by atoms with Gasteiger partial charge in [-0.25, -0.2) is 0 Å². The lowest BCUT2D eigenvalue weighted by atomic mass is 10.2. The highest BCUT2D eigenvalue weighted by atomic mass is 127. The molecule has 22 heavy (non-hydrogen) atoms. The minimum absolute atomic E-state index is 0. The van der Waals surface area contributed by atoms with Gasteiger partial charge in [-0.3, -0.25) is 4.99 Å². The first-order chi connectivity index (χ1) is 10.2. The zero-order valence-electron chi connectivity index (χ0n) is 13.7. The van der Waals surface area contributed by atoms with E-state index in [-0.39, 0.29) is 24.0 Å². The fourth-order valence-electron chi connectivity index (χ4n) is 2.71. The summed E-state index contributed by atoms with van der Waals surface area (Å²) in [7, 11) is 4.00. The van der Waals surface area contributed by atoms with Crippen molar-refractivity contribution < 1.29 is 0 Å². The Balaban J connectivity index is 0.00000242. The normalized spacial score (nSPS) is 19.0. The van der Waals surface area contributed by atoms with E-state index < -0.39 is 0 Å². The number of likely N-dealkylation sites (tertiary alicyclic amines) is 1. The average molecular weight is 421 g/mol. The lowest BCUT2D eigenvalue weighted by Gasteiger charge is -2.21. The van der Waals surface area contributed by atoms with Gasteiger partial charge in [0, 0.05) is 39.1 Å². The number of hydrogen-bond acceptors (Lipinski definition) is 4. The van der Waals surface area contributed by atoms with Gasteiger partial charge in [-0.2, -0.15) is 0 Å². The fourth-order valence-corrected chi connectivity index (χ4v) is 2.71. The Kier molecular flexibility index (Phi) is 8.69. The van der Waals surface area contributed by atoms with Crippen LogP contribution >= 0.6 is 24.0 Å². The molecule has 0 saturated carbocycles. The summed E-state index contributed by atoms with van der Waals surface area (Å²) < 4.78 is 2.07. The third-order valence-electron chi connectivity index (χ3n) is 4.06. The van der Waals surface area contributed by atoms with Crippen LogP contribution in [0, 0.1) is 0 Å². The largest absolute Gasteiger partial charge is 0.355 e. The maximum Gasteiger partial charge on any atom is 0.191 e. The first kappa shape index (κ1) is 19.1. The molecule has 7 nitrogen and oxygen atoms in total. The van der Waals surface area contributed by atoms with Crippen molar-refractivity contribution in [2.24, 2.45) is 4.99 Å². The second-order valence-corrected chi connectivity index (χ2v) is 5.45. The zero-order valence-corrected chi connectivity index (χ0v) is 16.1. The molecule has 1 unspecified atom stereocenters. The van der Waals surface area contributed by atoms with Gasteiger partial charge in [-0.1, -0.05) is 6.92 Å². The molecule has 1 aliphatic rings. The van der Waals surface area contributed by atoms with Crippen molar-refractivity contribution in [3.05, 3.63) is 12.2 Å². The van der Waals surface area contributed by atoms with Gasteiger partial charge in [0.1, 0.15) is 12.2 Å². The number of hydrogen-bond donors (Lipinski definition) is 2. The molecule has 0 aromatic carbocycles. The SMILES string of the molecule is CCc1nncn1CCNC(=NC)NCC1CCCN1C.I. The van der Waals surface area contributed by atoms with Crippen LogP contribution in [0.15, 0.2) is 11.3 Å². The van der Waals surface area contributed by atoms with E-state index in [0.29, 0.717) is 6.04 Å². The molecule has 0 aliphatic carbocycles. The minimum Gasteiger partial charge on any atom is -0.355 e. The first-order valence-corrected chi connectivity index (χ1v) is 7.76. The van der Waals surface area contributed by atoms with Crippen molar-refractivity contribution in [1.82, 2.24) is 30.3 Å². The Morgan fingerprint density at radius 1 is 1.45 bits per heavy atom. The summed E-state index contributed by atoms with van der Waals surface area (Å²) in [4.78, 5) is 6.68. The molecule has 2 heterocycles. The highest BCUT2D eigenvalue weighted by Crippen LogP contribution is 2.13. The van der Waals surface area contributed by atoms with Gasteiger partial charge in [0.2, 0.25) is 0 Å². The summed E-state index contributed by atoms with van der Waals surface area (Å²) in [6, 6.07) is 0.619. The number of aryl methyl sites for hydroxylation is 1. The third-order valence-corrected chi connectivity index (χ3v) is 4.06. The molecule has 0 amide bonds. The van der Waals surface area contributed by atoms with Crippen LogP contribution in [0.25, 0.3) is 0 Å². The average Bonchev–Trinajstić information content (AvgIpc) is 3.11. The van der Waals surface area contributed by atoms with E-state index in [1.54, 1.807) is 6.33 Å². The minimum atomic E-state index is 0. The highest BCUT2D eigenvalue weighted by Gasteiger charge is 2.20. The van der Waals surface area contributed by atoms with Crippen LogP contribution in [-0.2, 0) is 13.0 Å². The van der Waals surface area contributed by atoms with Crippen LogP contribution < -0.4 is 10.6 Å². The number of guanidine groups is 1. The quantitative estimate of drug-likeness (QED) is 0.403. The molecule has 1 aromatic rings. The molecular weight excluding hydrogens is 393 g/mol. The predicted molar refractivity (Wildman–Crippen MR) is 99.8 cm³/mol. The molecule has 0 spiro atoms. The molecule has 8 heteroatoms. The van der Waals surface area contributed by atoms with Crippen LogP contribution in [-0.4, -0.2) is 65.4 Å². The van der Waals surface area contributed by atoms with E-state index in [1.807, 2.05) is 7.05 Å². The Bertz CT molecular complexity index is 460. The first-order valence-electron chi connectivity index (χ1n) is 7.76. The molecule has 0 radical (unpaired) electrons. The maximum atomic E-state index is 4.27. The molecule has 1 aliphatic heterocycles. The lowest BCUT2D eigenvalue weighted by molar-refractivity contribution is 0.309. The monoisotopic (exact) mass is 421 g/mol. The number of nitrogens with zero attached hydrogens (tertiary/aromatic N) is 5. The van der Waals surface area contributed by atoms with Crippen LogP contribution in [0.1, 0.15) is 25.6 Å². The summed E-state index contributed by atoms with van der Waals surface area (Å²) in [6.07, 6.45) is 5.24. The van der Waals surface area contributed by atoms with E-state index in [9.17, 15) is 0 Å². The number of nitrogens with one attached hydrogen (secondary N) is 2. The second kappa shape index (κ2) is 9.98. The molecule has 1 atom stereocenters. The Morgan fingerprint density at radius 2 is 2.27 bits per heavy atom. The van der Waals surface area contributed by atoms with Crippen LogP contribution in [0.5, 0.6) is 0 Å². The molecule has 1 saturated heterocycles. The van der Waals surface area contributed by atoms with Gasteiger partial charge in [0.25, 0.3) is 0 Å². The number of aliphatic imine (C=N–C) groups is 1. The number of rotatable bonds is 6. The van der Waals surface area contributed by atoms with Gasteiger partial charge in [0.15, 0.2) is 5.96 Å². The molecule has 0 bridgehead atoms.